The number of rotatable bonds is 3. The number of ether oxygens (including phenoxy) is 1. The standard InChI is InChI=1S/C15H17N3O3S/c19-13(12-8-10-2-1-3-11(10)22-12)17-15(4-6-20-7-5-15)14-16-9-21-18-14/h8-9H,1-7H2,(H,17,19). The fourth-order valence-electron chi connectivity index (χ4n) is 3.23. The fraction of sp³-hybridized carbons (Fsp3) is 0.533. The molecule has 1 aliphatic carbocycles. The molecule has 6 nitrogen and oxygen atoms in total. The minimum atomic E-state index is -0.587. The second-order valence-electron chi connectivity index (χ2n) is 5.82. The number of thiophene rings is 1. The molecule has 0 spiro atoms. The number of hydrogen-bond acceptors (Lipinski definition) is 6. The Morgan fingerprint density at radius 1 is 1.32 bits per heavy atom. The Labute approximate surface area is 131 Å². The number of carbonyl (C=O) groups excluding carboxylic acids is 1. The van der Waals surface area contributed by atoms with Crippen LogP contribution in [0, 0.1) is 0 Å². The molecule has 7 heteroatoms. The van der Waals surface area contributed by atoms with Gasteiger partial charge in [-0.3, -0.25) is 4.79 Å². The monoisotopic (exact) mass is 319 g/mol. The average Bonchev–Trinajstić information content (AvgIpc) is 3.25. The number of nitrogens with zero attached hydrogens (tertiary/aromatic N) is 2. The summed E-state index contributed by atoms with van der Waals surface area (Å²) in [6.07, 6.45) is 6.00. The van der Waals surface area contributed by atoms with Crippen LogP contribution in [0.1, 0.15) is 45.2 Å². The van der Waals surface area contributed by atoms with Gasteiger partial charge in [0.1, 0.15) is 5.54 Å². The van der Waals surface area contributed by atoms with Gasteiger partial charge in [0.2, 0.25) is 6.39 Å². The summed E-state index contributed by atoms with van der Waals surface area (Å²) in [7, 11) is 0. The highest BCUT2D eigenvalue weighted by molar-refractivity contribution is 7.14. The van der Waals surface area contributed by atoms with Crippen molar-refractivity contribution in [2.45, 2.75) is 37.6 Å². The van der Waals surface area contributed by atoms with Gasteiger partial charge in [0.15, 0.2) is 5.82 Å². The molecule has 0 radical (unpaired) electrons. The molecule has 116 valence electrons. The SMILES string of the molecule is O=C(NC1(c2ncon2)CCOCC1)c1cc2c(s1)CCC2. The first-order chi connectivity index (χ1) is 10.8. The van der Waals surface area contributed by atoms with E-state index in [0.29, 0.717) is 31.9 Å². The number of amides is 1. The van der Waals surface area contributed by atoms with Crippen molar-refractivity contribution in [3.05, 3.63) is 33.6 Å². The highest BCUT2D eigenvalue weighted by atomic mass is 32.1. The maximum Gasteiger partial charge on any atom is 0.262 e. The highest BCUT2D eigenvalue weighted by Crippen LogP contribution is 2.33. The summed E-state index contributed by atoms with van der Waals surface area (Å²) < 4.78 is 10.3. The van der Waals surface area contributed by atoms with E-state index in [1.165, 1.54) is 23.3 Å². The normalized spacial score (nSPS) is 19.8. The zero-order valence-electron chi connectivity index (χ0n) is 12.1. The van der Waals surface area contributed by atoms with Crippen molar-refractivity contribution in [1.29, 1.82) is 0 Å². The van der Waals surface area contributed by atoms with Gasteiger partial charge in [0, 0.05) is 30.9 Å². The van der Waals surface area contributed by atoms with Crippen LogP contribution in [0.2, 0.25) is 0 Å². The third kappa shape index (κ3) is 2.34. The van der Waals surface area contributed by atoms with Gasteiger partial charge in [-0.15, -0.1) is 11.3 Å². The average molecular weight is 319 g/mol. The molecule has 0 aromatic carbocycles. The van der Waals surface area contributed by atoms with Gasteiger partial charge in [-0.25, -0.2) is 0 Å². The summed E-state index contributed by atoms with van der Waals surface area (Å²) in [5.74, 6) is 0.486. The zero-order valence-corrected chi connectivity index (χ0v) is 12.9. The summed E-state index contributed by atoms with van der Waals surface area (Å²) in [6.45, 7) is 1.16. The first-order valence-corrected chi connectivity index (χ1v) is 8.37. The van der Waals surface area contributed by atoms with Gasteiger partial charge in [-0.05, 0) is 30.9 Å². The second-order valence-corrected chi connectivity index (χ2v) is 6.95. The third-order valence-corrected chi connectivity index (χ3v) is 5.69. The van der Waals surface area contributed by atoms with Crippen LogP contribution in [-0.4, -0.2) is 29.3 Å². The predicted molar refractivity (Wildman–Crippen MR) is 79.8 cm³/mol. The molecule has 0 bridgehead atoms. The quantitative estimate of drug-likeness (QED) is 0.937. The molecular weight excluding hydrogens is 302 g/mol. The Bertz CT molecular complexity index is 653. The molecule has 22 heavy (non-hydrogen) atoms. The molecule has 0 saturated carbocycles. The fourth-order valence-corrected chi connectivity index (χ4v) is 4.37. The minimum absolute atomic E-state index is 0.0499. The predicted octanol–water partition coefficient (Wildman–Crippen LogP) is 2.06. The van der Waals surface area contributed by atoms with Crippen LogP contribution < -0.4 is 5.32 Å². The number of nitrogens with one attached hydrogen (secondary N) is 1. The van der Waals surface area contributed by atoms with E-state index in [4.69, 9.17) is 9.26 Å². The van der Waals surface area contributed by atoms with Crippen LogP contribution in [0.4, 0.5) is 0 Å². The summed E-state index contributed by atoms with van der Waals surface area (Å²) >= 11 is 1.61. The van der Waals surface area contributed by atoms with E-state index < -0.39 is 5.54 Å². The molecule has 2 aliphatic rings. The Kier molecular flexibility index (Phi) is 3.46. The van der Waals surface area contributed by atoms with Gasteiger partial charge in [-0.1, -0.05) is 5.16 Å². The van der Waals surface area contributed by atoms with Crippen molar-refractivity contribution in [2.24, 2.45) is 0 Å². The summed E-state index contributed by atoms with van der Waals surface area (Å²) in [5, 5.41) is 7.10. The number of carbonyl (C=O) groups is 1. The topological polar surface area (TPSA) is 77.3 Å². The molecular formula is C15H17N3O3S. The molecule has 0 unspecified atom stereocenters. The lowest BCUT2D eigenvalue weighted by atomic mass is 9.89. The molecule has 1 amide bonds. The van der Waals surface area contributed by atoms with Crippen LogP contribution in [0.25, 0.3) is 0 Å². The van der Waals surface area contributed by atoms with E-state index in [9.17, 15) is 4.79 Å². The lowest BCUT2D eigenvalue weighted by Crippen LogP contribution is -2.50. The smallest absolute Gasteiger partial charge is 0.262 e. The van der Waals surface area contributed by atoms with E-state index in [1.807, 2.05) is 6.07 Å². The van der Waals surface area contributed by atoms with Crippen LogP contribution in [0.15, 0.2) is 17.0 Å². The van der Waals surface area contributed by atoms with E-state index in [1.54, 1.807) is 11.3 Å². The first-order valence-electron chi connectivity index (χ1n) is 7.55. The molecule has 1 N–H and O–H groups in total. The van der Waals surface area contributed by atoms with Crippen LogP contribution in [-0.2, 0) is 23.1 Å². The van der Waals surface area contributed by atoms with Gasteiger partial charge < -0.3 is 14.6 Å². The Morgan fingerprint density at radius 2 is 2.18 bits per heavy atom. The van der Waals surface area contributed by atoms with Gasteiger partial charge >= 0.3 is 0 Å². The minimum Gasteiger partial charge on any atom is -0.381 e. The van der Waals surface area contributed by atoms with Crippen LogP contribution in [0.3, 0.4) is 0 Å². The van der Waals surface area contributed by atoms with Crippen molar-refractivity contribution in [3.8, 4) is 0 Å². The molecule has 4 rings (SSSR count). The van der Waals surface area contributed by atoms with Crippen molar-refractivity contribution >= 4 is 17.2 Å². The van der Waals surface area contributed by atoms with E-state index >= 15 is 0 Å². The van der Waals surface area contributed by atoms with Crippen molar-refractivity contribution in [1.82, 2.24) is 15.5 Å². The lowest BCUT2D eigenvalue weighted by Gasteiger charge is -2.34. The lowest BCUT2D eigenvalue weighted by molar-refractivity contribution is 0.0307. The second kappa shape index (κ2) is 5.48. The first kappa shape index (κ1) is 13.9. The van der Waals surface area contributed by atoms with Crippen molar-refractivity contribution < 1.29 is 14.1 Å². The molecule has 1 aliphatic heterocycles. The molecule has 0 atom stereocenters. The Morgan fingerprint density at radius 3 is 2.91 bits per heavy atom. The van der Waals surface area contributed by atoms with Crippen molar-refractivity contribution in [2.75, 3.05) is 13.2 Å². The zero-order chi connectivity index (χ0) is 15.0. The van der Waals surface area contributed by atoms with Crippen molar-refractivity contribution in [3.63, 3.8) is 0 Å². The third-order valence-electron chi connectivity index (χ3n) is 4.46. The molecule has 1 fully saturated rings. The molecule has 2 aromatic heterocycles. The van der Waals surface area contributed by atoms with Crippen LogP contribution in [0.5, 0.6) is 0 Å². The van der Waals surface area contributed by atoms with E-state index in [2.05, 4.69) is 15.5 Å². The maximum absolute atomic E-state index is 12.7. The van der Waals surface area contributed by atoms with Gasteiger partial charge in [0.25, 0.3) is 5.91 Å². The summed E-state index contributed by atoms with van der Waals surface area (Å²) in [5.41, 5.74) is 0.743. The Balaban J connectivity index is 1.59. The van der Waals surface area contributed by atoms with E-state index in [-0.39, 0.29) is 5.91 Å². The molecule has 3 heterocycles. The highest BCUT2D eigenvalue weighted by Gasteiger charge is 2.40. The molecule has 2 aromatic rings. The number of aryl methyl sites for hydroxylation is 2. The molecule has 1 saturated heterocycles. The summed E-state index contributed by atoms with van der Waals surface area (Å²) in [4.78, 5) is 19.0. The largest absolute Gasteiger partial charge is 0.381 e. The maximum atomic E-state index is 12.7. The van der Waals surface area contributed by atoms with E-state index in [0.717, 1.165) is 17.7 Å². The summed E-state index contributed by atoms with van der Waals surface area (Å²) in [6, 6.07) is 2.03. The van der Waals surface area contributed by atoms with Crippen LogP contribution >= 0.6 is 11.3 Å². The van der Waals surface area contributed by atoms with Gasteiger partial charge in [-0.2, -0.15) is 4.98 Å². The Hall–Kier alpha value is -1.73. The van der Waals surface area contributed by atoms with Gasteiger partial charge in [0.05, 0.1) is 4.88 Å². The number of hydrogen-bond donors (Lipinski definition) is 1. The number of aromatic nitrogens is 2. The number of fused-ring (bicyclic) bond motifs is 1.